The SMILES string of the molecule is CCn1c2ccc(-c3cccc(NS(C)(=O)=O)c3)cc2c2ccncc21. The van der Waals surface area contributed by atoms with Crippen LogP contribution in [-0.4, -0.2) is 24.2 Å². The maximum absolute atomic E-state index is 11.5. The van der Waals surface area contributed by atoms with Gasteiger partial charge in [0.1, 0.15) is 0 Å². The minimum Gasteiger partial charge on any atom is -0.339 e. The molecule has 4 rings (SSSR count). The van der Waals surface area contributed by atoms with Crippen LogP contribution in [0.5, 0.6) is 0 Å². The van der Waals surface area contributed by atoms with Gasteiger partial charge < -0.3 is 4.57 Å². The minimum atomic E-state index is -3.30. The van der Waals surface area contributed by atoms with Gasteiger partial charge in [-0.05, 0) is 48.4 Å². The second-order valence-electron chi connectivity index (χ2n) is 6.32. The van der Waals surface area contributed by atoms with Crippen LogP contribution in [-0.2, 0) is 16.6 Å². The van der Waals surface area contributed by atoms with Crippen molar-refractivity contribution in [2.45, 2.75) is 13.5 Å². The second kappa shape index (κ2) is 6.14. The van der Waals surface area contributed by atoms with Gasteiger partial charge in [-0.3, -0.25) is 9.71 Å². The van der Waals surface area contributed by atoms with Crippen molar-refractivity contribution in [2.75, 3.05) is 11.0 Å². The molecule has 0 saturated carbocycles. The summed E-state index contributed by atoms with van der Waals surface area (Å²) in [5.74, 6) is 0. The number of hydrogen-bond acceptors (Lipinski definition) is 3. The highest BCUT2D eigenvalue weighted by atomic mass is 32.2. The first-order valence-corrected chi connectivity index (χ1v) is 10.3. The predicted octanol–water partition coefficient (Wildman–Crippen LogP) is 4.25. The molecule has 26 heavy (non-hydrogen) atoms. The number of anilines is 1. The van der Waals surface area contributed by atoms with Crippen molar-refractivity contribution in [3.8, 4) is 11.1 Å². The lowest BCUT2D eigenvalue weighted by molar-refractivity contribution is 0.607. The Bertz CT molecular complexity index is 1230. The van der Waals surface area contributed by atoms with Crippen LogP contribution in [0.25, 0.3) is 32.9 Å². The molecule has 0 unspecified atom stereocenters. The number of aromatic nitrogens is 2. The predicted molar refractivity (Wildman–Crippen MR) is 107 cm³/mol. The summed E-state index contributed by atoms with van der Waals surface area (Å²) in [6.07, 6.45) is 4.86. The van der Waals surface area contributed by atoms with Crippen molar-refractivity contribution in [3.63, 3.8) is 0 Å². The molecular formula is C20H19N3O2S. The fourth-order valence-electron chi connectivity index (χ4n) is 3.44. The molecule has 0 saturated heterocycles. The van der Waals surface area contributed by atoms with Gasteiger partial charge in [0.05, 0.1) is 18.0 Å². The van der Waals surface area contributed by atoms with E-state index < -0.39 is 10.0 Å². The van der Waals surface area contributed by atoms with Crippen molar-refractivity contribution in [1.29, 1.82) is 0 Å². The minimum absolute atomic E-state index is 0.560. The topological polar surface area (TPSA) is 64.0 Å². The monoisotopic (exact) mass is 365 g/mol. The van der Waals surface area contributed by atoms with Gasteiger partial charge >= 0.3 is 0 Å². The molecule has 0 aliphatic carbocycles. The van der Waals surface area contributed by atoms with E-state index in [4.69, 9.17) is 0 Å². The van der Waals surface area contributed by atoms with Crippen molar-refractivity contribution in [2.24, 2.45) is 0 Å². The molecule has 2 heterocycles. The van der Waals surface area contributed by atoms with Crippen molar-refractivity contribution in [3.05, 3.63) is 60.9 Å². The van der Waals surface area contributed by atoms with Crippen LogP contribution in [0.2, 0.25) is 0 Å². The fourth-order valence-corrected chi connectivity index (χ4v) is 4.00. The molecule has 2 aromatic heterocycles. The average molecular weight is 365 g/mol. The largest absolute Gasteiger partial charge is 0.339 e. The third kappa shape index (κ3) is 2.93. The standard InChI is InChI=1S/C20H19N3O2S/c1-3-23-19-8-7-15(12-18(19)17-9-10-21-13-20(17)23)14-5-4-6-16(11-14)22-26(2,24)25/h4-13,22H,3H2,1-2H3. The molecule has 0 aliphatic rings. The molecule has 0 amide bonds. The van der Waals surface area contributed by atoms with Gasteiger partial charge in [0.25, 0.3) is 0 Å². The Kier molecular flexibility index (Phi) is 3.92. The summed E-state index contributed by atoms with van der Waals surface area (Å²) >= 11 is 0. The Morgan fingerprint density at radius 1 is 1.00 bits per heavy atom. The molecule has 0 spiro atoms. The van der Waals surface area contributed by atoms with Crippen molar-refractivity contribution < 1.29 is 8.42 Å². The molecule has 0 fully saturated rings. The number of aryl methyl sites for hydroxylation is 1. The molecule has 5 nitrogen and oxygen atoms in total. The number of rotatable bonds is 4. The molecule has 0 atom stereocenters. The Balaban J connectivity index is 1.88. The van der Waals surface area contributed by atoms with Crippen LogP contribution in [0.4, 0.5) is 5.69 Å². The highest BCUT2D eigenvalue weighted by molar-refractivity contribution is 7.92. The van der Waals surface area contributed by atoms with Crippen molar-refractivity contribution in [1.82, 2.24) is 9.55 Å². The summed E-state index contributed by atoms with van der Waals surface area (Å²) in [6.45, 7) is 3.00. The number of nitrogens with zero attached hydrogens (tertiary/aromatic N) is 2. The normalized spacial score (nSPS) is 11.9. The fraction of sp³-hybridized carbons (Fsp3) is 0.150. The lowest BCUT2D eigenvalue weighted by Crippen LogP contribution is -2.09. The van der Waals surface area contributed by atoms with Crippen LogP contribution in [0.3, 0.4) is 0 Å². The van der Waals surface area contributed by atoms with E-state index >= 15 is 0 Å². The lowest BCUT2D eigenvalue weighted by Gasteiger charge is -2.08. The summed E-state index contributed by atoms with van der Waals surface area (Å²) in [7, 11) is -3.30. The Labute approximate surface area is 152 Å². The van der Waals surface area contributed by atoms with Crippen molar-refractivity contribution >= 4 is 37.5 Å². The number of nitrogens with one attached hydrogen (secondary N) is 1. The molecule has 6 heteroatoms. The van der Waals surface area contributed by atoms with E-state index in [9.17, 15) is 8.42 Å². The Morgan fingerprint density at radius 3 is 2.58 bits per heavy atom. The summed E-state index contributed by atoms with van der Waals surface area (Å²) in [5, 5.41) is 2.34. The first-order chi connectivity index (χ1) is 12.5. The summed E-state index contributed by atoms with van der Waals surface area (Å²) < 4.78 is 27.8. The van der Waals surface area contributed by atoms with E-state index in [1.165, 1.54) is 16.3 Å². The Hall–Kier alpha value is -2.86. The van der Waals surface area contributed by atoms with Gasteiger partial charge in [-0.25, -0.2) is 8.42 Å². The molecule has 132 valence electrons. The van der Waals surface area contributed by atoms with E-state index in [1.54, 1.807) is 6.07 Å². The number of sulfonamides is 1. The summed E-state index contributed by atoms with van der Waals surface area (Å²) in [6, 6.07) is 15.8. The molecule has 1 N–H and O–H groups in total. The van der Waals surface area contributed by atoms with Gasteiger partial charge in [0.2, 0.25) is 10.0 Å². The van der Waals surface area contributed by atoms with E-state index in [1.807, 2.05) is 36.7 Å². The van der Waals surface area contributed by atoms with Gasteiger partial charge in [-0.1, -0.05) is 18.2 Å². The lowest BCUT2D eigenvalue weighted by atomic mass is 10.0. The molecule has 4 aromatic rings. The average Bonchev–Trinajstić information content (AvgIpc) is 2.93. The zero-order valence-electron chi connectivity index (χ0n) is 14.6. The zero-order chi connectivity index (χ0) is 18.3. The third-order valence-corrected chi connectivity index (χ3v) is 5.09. The van der Waals surface area contributed by atoms with Crippen LogP contribution in [0.1, 0.15) is 6.92 Å². The van der Waals surface area contributed by atoms with E-state index in [0.29, 0.717) is 5.69 Å². The maximum Gasteiger partial charge on any atom is 0.229 e. The number of benzene rings is 2. The Morgan fingerprint density at radius 2 is 1.81 bits per heavy atom. The number of hydrogen-bond donors (Lipinski definition) is 1. The van der Waals surface area contributed by atoms with Gasteiger partial charge in [0.15, 0.2) is 0 Å². The first kappa shape index (κ1) is 16.6. The molecular weight excluding hydrogens is 346 g/mol. The van der Waals surface area contributed by atoms with Crippen LogP contribution in [0.15, 0.2) is 60.9 Å². The van der Waals surface area contributed by atoms with Gasteiger partial charge in [0, 0.05) is 34.7 Å². The van der Waals surface area contributed by atoms with Gasteiger partial charge in [-0.15, -0.1) is 0 Å². The highest BCUT2D eigenvalue weighted by Gasteiger charge is 2.11. The third-order valence-electron chi connectivity index (χ3n) is 4.48. The van der Waals surface area contributed by atoms with E-state index in [2.05, 4.69) is 39.4 Å². The van der Waals surface area contributed by atoms with E-state index in [-0.39, 0.29) is 0 Å². The van der Waals surface area contributed by atoms with Crippen LogP contribution < -0.4 is 4.72 Å². The quantitative estimate of drug-likeness (QED) is 0.588. The summed E-state index contributed by atoms with van der Waals surface area (Å²) in [5.41, 5.74) is 4.86. The maximum atomic E-state index is 11.5. The molecule has 0 radical (unpaired) electrons. The number of pyridine rings is 1. The molecule has 0 aliphatic heterocycles. The summed E-state index contributed by atoms with van der Waals surface area (Å²) in [4.78, 5) is 4.26. The van der Waals surface area contributed by atoms with Crippen LogP contribution >= 0.6 is 0 Å². The van der Waals surface area contributed by atoms with Gasteiger partial charge in [-0.2, -0.15) is 0 Å². The molecule has 2 aromatic carbocycles. The highest BCUT2D eigenvalue weighted by Crippen LogP contribution is 2.32. The van der Waals surface area contributed by atoms with Crippen LogP contribution in [0, 0.1) is 0 Å². The molecule has 0 bridgehead atoms. The number of fused-ring (bicyclic) bond motifs is 3. The first-order valence-electron chi connectivity index (χ1n) is 8.40. The second-order valence-corrected chi connectivity index (χ2v) is 8.07. The smallest absolute Gasteiger partial charge is 0.229 e. The zero-order valence-corrected chi connectivity index (χ0v) is 15.4. The van der Waals surface area contributed by atoms with E-state index in [0.717, 1.165) is 29.4 Å².